The van der Waals surface area contributed by atoms with E-state index in [1.807, 2.05) is 0 Å². The van der Waals surface area contributed by atoms with Gasteiger partial charge in [-0.05, 0) is 50.7 Å². The number of fused-ring (bicyclic) bond motifs is 2. The first-order chi connectivity index (χ1) is 30.9. The van der Waals surface area contributed by atoms with E-state index < -0.39 is 42.5 Å². The number of benzene rings is 1. The normalized spacial score (nSPS) is 18.0. The van der Waals surface area contributed by atoms with Gasteiger partial charge in [-0.2, -0.15) is 0 Å². The SMILES string of the molecule is C=CCOC(=O)N1c2cc(OCCCC(=O)Nc3cc(C(=O)Nc4nc(C(=O)Oc5cc(C(=O)OC)n(C)c5)cs4)n(C)c3)c(OC)cc2C(=O)N2CCC[C@H]2C1OC1CCCCO1. The van der Waals surface area contributed by atoms with Crippen molar-refractivity contribution in [2.45, 2.75) is 63.5 Å². The van der Waals surface area contributed by atoms with E-state index in [1.54, 1.807) is 37.3 Å². The Morgan fingerprint density at radius 2 is 1.78 bits per heavy atom. The number of thiazole rings is 1. The van der Waals surface area contributed by atoms with Crippen LogP contribution in [0.1, 0.15) is 86.8 Å². The van der Waals surface area contributed by atoms with Crippen molar-refractivity contribution in [3.8, 4) is 17.2 Å². The molecule has 4 amide bonds. The van der Waals surface area contributed by atoms with Gasteiger partial charge in [0.2, 0.25) is 5.91 Å². The Morgan fingerprint density at radius 1 is 0.969 bits per heavy atom. The van der Waals surface area contributed by atoms with Crippen molar-refractivity contribution in [3.63, 3.8) is 0 Å². The monoisotopic (exact) mass is 903 g/mol. The molecule has 20 nitrogen and oxygen atoms in total. The predicted octanol–water partition coefficient (Wildman–Crippen LogP) is 5.50. The number of nitrogens with zero attached hydrogens (tertiary/aromatic N) is 5. The van der Waals surface area contributed by atoms with Crippen LogP contribution in [-0.4, -0.2) is 114 Å². The van der Waals surface area contributed by atoms with Gasteiger partial charge in [-0.15, -0.1) is 11.3 Å². The number of carbonyl (C=O) groups excluding carboxylic acids is 6. The largest absolute Gasteiger partial charge is 0.493 e. The molecule has 0 aliphatic carbocycles. The molecule has 0 saturated carbocycles. The molecule has 4 aromatic rings. The van der Waals surface area contributed by atoms with Crippen LogP contribution in [0.5, 0.6) is 17.2 Å². The van der Waals surface area contributed by atoms with Gasteiger partial charge in [-0.25, -0.2) is 24.3 Å². The van der Waals surface area contributed by atoms with Crippen molar-refractivity contribution in [1.82, 2.24) is 19.0 Å². The molecule has 0 bridgehead atoms. The van der Waals surface area contributed by atoms with Crippen LogP contribution in [0.15, 0.2) is 54.7 Å². The molecule has 1 aromatic carbocycles. The average molecular weight is 904 g/mol. The van der Waals surface area contributed by atoms with E-state index in [9.17, 15) is 28.8 Å². The van der Waals surface area contributed by atoms with E-state index in [2.05, 4.69) is 22.2 Å². The Kier molecular flexibility index (Phi) is 14.3. The van der Waals surface area contributed by atoms with Crippen LogP contribution >= 0.6 is 11.3 Å². The summed E-state index contributed by atoms with van der Waals surface area (Å²) in [5.74, 6) is -1.95. The van der Waals surface area contributed by atoms with Crippen LogP contribution in [0.3, 0.4) is 0 Å². The zero-order chi connectivity index (χ0) is 45.5. The molecule has 2 unspecified atom stereocenters. The first-order valence-corrected chi connectivity index (χ1v) is 21.5. The quantitative estimate of drug-likeness (QED) is 0.0806. The molecule has 3 atom stereocenters. The molecule has 64 heavy (non-hydrogen) atoms. The maximum Gasteiger partial charge on any atom is 0.416 e. The Bertz CT molecular complexity index is 2420. The summed E-state index contributed by atoms with van der Waals surface area (Å²) in [5, 5.41) is 6.99. The van der Waals surface area contributed by atoms with Crippen molar-refractivity contribution in [3.05, 3.63) is 77.3 Å². The second-order valence-electron chi connectivity index (χ2n) is 15.1. The molecule has 2 saturated heterocycles. The Hall–Kier alpha value is -6.71. The number of amides is 4. The van der Waals surface area contributed by atoms with Gasteiger partial charge in [0.1, 0.15) is 23.7 Å². The van der Waals surface area contributed by atoms with Gasteiger partial charge in [-0.1, -0.05) is 12.7 Å². The highest BCUT2D eigenvalue weighted by atomic mass is 32.1. The molecular formula is C43H49N7O13S. The van der Waals surface area contributed by atoms with Gasteiger partial charge in [0.05, 0.1) is 43.8 Å². The topological polar surface area (TPSA) is 220 Å². The van der Waals surface area contributed by atoms with Crippen molar-refractivity contribution < 1.29 is 61.9 Å². The van der Waals surface area contributed by atoms with Crippen molar-refractivity contribution in [1.29, 1.82) is 0 Å². The highest BCUT2D eigenvalue weighted by Gasteiger charge is 2.48. The van der Waals surface area contributed by atoms with E-state index >= 15 is 0 Å². The molecule has 3 aromatic heterocycles. The van der Waals surface area contributed by atoms with Crippen molar-refractivity contribution in [2.24, 2.45) is 14.1 Å². The van der Waals surface area contributed by atoms with Crippen LogP contribution in [0.25, 0.3) is 0 Å². The number of esters is 2. The maximum atomic E-state index is 14.1. The van der Waals surface area contributed by atoms with E-state index in [-0.39, 0.29) is 88.6 Å². The summed E-state index contributed by atoms with van der Waals surface area (Å²) in [6.07, 6.45) is 6.35. The highest BCUT2D eigenvalue weighted by Crippen LogP contribution is 2.43. The molecule has 3 aliphatic rings. The number of rotatable bonds is 16. The first kappa shape index (κ1) is 45.3. The lowest BCUT2D eigenvalue weighted by molar-refractivity contribution is -0.195. The van der Waals surface area contributed by atoms with Gasteiger partial charge in [-0.3, -0.25) is 19.7 Å². The van der Waals surface area contributed by atoms with Crippen LogP contribution in [0.2, 0.25) is 0 Å². The average Bonchev–Trinajstić information content (AvgIpc) is 4.10. The maximum absolute atomic E-state index is 14.1. The first-order valence-electron chi connectivity index (χ1n) is 20.6. The van der Waals surface area contributed by atoms with Gasteiger partial charge in [0, 0.05) is 63.6 Å². The Labute approximate surface area is 371 Å². The molecule has 3 aliphatic heterocycles. The molecule has 7 rings (SSSR count). The number of methoxy groups -OCH3 is 2. The molecular weight excluding hydrogens is 855 g/mol. The van der Waals surface area contributed by atoms with Crippen LogP contribution in [0.4, 0.5) is 21.3 Å². The molecule has 2 fully saturated rings. The summed E-state index contributed by atoms with van der Waals surface area (Å²) < 4.78 is 42.8. The van der Waals surface area contributed by atoms with E-state index in [0.717, 1.165) is 30.6 Å². The minimum absolute atomic E-state index is 0.0427. The minimum atomic E-state index is -0.912. The fraction of sp³-hybridized carbons (Fsp3) is 0.419. The Balaban J connectivity index is 0.967. The molecule has 340 valence electrons. The third kappa shape index (κ3) is 10.1. The van der Waals surface area contributed by atoms with E-state index in [1.165, 1.54) is 58.0 Å². The number of hydrogen-bond donors (Lipinski definition) is 2. The molecule has 6 heterocycles. The van der Waals surface area contributed by atoms with Gasteiger partial charge >= 0.3 is 18.0 Å². The molecule has 0 radical (unpaired) electrons. The van der Waals surface area contributed by atoms with Crippen LogP contribution in [0, 0.1) is 0 Å². The lowest BCUT2D eigenvalue weighted by Crippen LogP contribution is -2.54. The second-order valence-corrected chi connectivity index (χ2v) is 15.9. The zero-order valence-electron chi connectivity index (χ0n) is 35.8. The number of aromatic nitrogens is 3. The zero-order valence-corrected chi connectivity index (χ0v) is 36.6. The number of carbonyl (C=O) groups is 6. The van der Waals surface area contributed by atoms with Gasteiger partial charge in [0.15, 0.2) is 34.8 Å². The Morgan fingerprint density at radius 3 is 2.53 bits per heavy atom. The number of anilines is 3. The lowest BCUT2D eigenvalue weighted by Gasteiger charge is -2.38. The third-order valence-corrected chi connectivity index (χ3v) is 11.5. The van der Waals surface area contributed by atoms with E-state index in [4.69, 9.17) is 33.2 Å². The predicted molar refractivity (Wildman–Crippen MR) is 230 cm³/mol. The smallest absolute Gasteiger partial charge is 0.416 e. The number of ether oxygens (including phenoxy) is 7. The summed E-state index contributed by atoms with van der Waals surface area (Å²) in [7, 11) is 5.92. The van der Waals surface area contributed by atoms with Crippen LogP contribution < -0.4 is 29.7 Å². The standard InChI is InChI=1S/C43H49N7O13S/c1-6-15-61-43(56)50-30-21-34(33(57-4)20-27(30)38(53)49-14-9-11-29(49)39(50)63-36-13-7-8-16-60-36)59-17-10-12-35(51)44-25-18-31(47(2)22-25)37(52)46-42-45-28(24-64-42)40(54)62-26-19-32(41(55)58-5)48(3)23-26/h6,18-24,29,36,39H,1,7-17H2,2-5H3,(H,44,51)(H,45,46,52)/t29-,36?,39?/m0/s1. The van der Waals surface area contributed by atoms with Gasteiger partial charge in [0.25, 0.3) is 11.8 Å². The van der Waals surface area contributed by atoms with Crippen molar-refractivity contribution in [2.75, 3.05) is 56.1 Å². The summed E-state index contributed by atoms with van der Waals surface area (Å²) >= 11 is 1.01. The summed E-state index contributed by atoms with van der Waals surface area (Å²) in [4.78, 5) is 86.1. The fourth-order valence-corrected chi connectivity index (χ4v) is 8.34. The summed E-state index contributed by atoms with van der Waals surface area (Å²) in [6.45, 7) is 4.67. The summed E-state index contributed by atoms with van der Waals surface area (Å²) in [5.41, 5.74) is 1.14. The lowest BCUT2D eigenvalue weighted by atomic mass is 10.1. The molecule has 2 N–H and O–H groups in total. The fourth-order valence-electron chi connectivity index (χ4n) is 7.66. The second kappa shape index (κ2) is 20.2. The molecule has 0 spiro atoms. The number of nitrogens with one attached hydrogen (secondary N) is 2. The third-order valence-electron chi connectivity index (χ3n) is 10.7. The number of hydrogen-bond acceptors (Lipinski definition) is 15. The summed E-state index contributed by atoms with van der Waals surface area (Å²) in [6, 6.07) is 5.51. The van der Waals surface area contributed by atoms with E-state index in [0.29, 0.717) is 31.7 Å². The molecule has 21 heteroatoms. The van der Waals surface area contributed by atoms with Crippen LogP contribution in [-0.2, 0) is 37.8 Å². The minimum Gasteiger partial charge on any atom is -0.493 e. The van der Waals surface area contributed by atoms with Gasteiger partial charge < -0.3 is 52.5 Å². The van der Waals surface area contributed by atoms with Crippen molar-refractivity contribution >= 4 is 63.6 Å². The highest BCUT2D eigenvalue weighted by molar-refractivity contribution is 7.14. The number of aryl methyl sites for hydroxylation is 2.